The van der Waals surface area contributed by atoms with Crippen molar-refractivity contribution in [2.75, 3.05) is 5.32 Å². The van der Waals surface area contributed by atoms with Crippen molar-refractivity contribution < 1.29 is 9.50 Å². The fourth-order valence-electron chi connectivity index (χ4n) is 2.54. The minimum Gasteiger partial charge on any atom is -0.391 e. The Morgan fingerprint density at radius 1 is 1.26 bits per heavy atom. The average Bonchev–Trinajstić information content (AvgIpc) is 2.66. The quantitative estimate of drug-likeness (QED) is 0.814. The molecule has 0 aromatic carbocycles. The molecular weight excluding hydrogens is 247 g/mol. The van der Waals surface area contributed by atoms with E-state index in [-0.39, 0.29) is 18.0 Å². The number of aliphatic hydroxyl groups is 1. The molecule has 2 heterocycles. The van der Waals surface area contributed by atoms with Crippen LogP contribution in [0.15, 0.2) is 18.3 Å². The largest absolute Gasteiger partial charge is 0.391 e. The summed E-state index contributed by atoms with van der Waals surface area (Å²) in [5.74, 6) is 0.0926. The SMILES string of the molecule is OC1CCCCCC1Nc1nc2ccc(F)cn2n1. The molecule has 2 atom stereocenters. The van der Waals surface area contributed by atoms with E-state index >= 15 is 0 Å². The summed E-state index contributed by atoms with van der Waals surface area (Å²) in [4.78, 5) is 4.28. The van der Waals surface area contributed by atoms with Gasteiger partial charge in [0.2, 0.25) is 5.95 Å². The van der Waals surface area contributed by atoms with Crippen molar-refractivity contribution >= 4 is 11.6 Å². The van der Waals surface area contributed by atoms with Gasteiger partial charge in [0.05, 0.1) is 18.3 Å². The number of anilines is 1. The van der Waals surface area contributed by atoms with Crippen LogP contribution in [-0.4, -0.2) is 31.9 Å². The second kappa shape index (κ2) is 5.13. The van der Waals surface area contributed by atoms with Gasteiger partial charge in [-0.3, -0.25) is 0 Å². The molecule has 6 heteroatoms. The van der Waals surface area contributed by atoms with Crippen molar-refractivity contribution in [2.24, 2.45) is 0 Å². The zero-order valence-electron chi connectivity index (χ0n) is 10.6. The Morgan fingerprint density at radius 2 is 2.11 bits per heavy atom. The van der Waals surface area contributed by atoms with Crippen molar-refractivity contribution in [3.8, 4) is 0 Å². The Balaban J connectivity index is 1.80. The Bertz CT molecular complexity index is 571. The number of rotatable bonds is 2. The standard InChI is InChI=1S/C13H17FN4O/c14-9-6-7-12-16-13(17-18(12)8-9)15-10-4-2-1-3-5-11(10)19/h6-8,10-11,19H,1-5H2,(H,15,17). The van der Waals surface area contributed by atoms with Gasteiger partial charge in [0.15, 0.2) is 5.65 Å². The Morgan fingerprint density at radius 3 is 3.00 bits per heavy atom. The topological polar surface area (TPSA) is 62.5 Å². The van der Waals surface area contributed by atoms with Crippen LogP contribution in [0.1, 0.15) is 32.1 Å². The van der Waals surface area contributed by atoms with E-state index in [4.69, 9.17) is 0 Å². The summed E-state index contributed by atoms with van der Waals surface area (Å²) < 4.78 is 14.5. The number of halogens is 1. The lowest BCUT2D eigenvalue weighted by molar-refractivity contribution is 0.144. The molecule has 0 spiro atoms. The number of hydrogen-bond acceptors (Lipinski definition) is 4. The van der Waals surface area contributed by atoms with Gasteiger partial charge in [-0.2, -0.15) is 4.98 Å². The van der Waals surface area contributed by atoms with Crippen LogP contribution in [0.4, 0.5) is 10.3 Å². The summed E-state index contributed by atoms with van der Waals surface area (Å²) in [6.45, 7) is 0. The average molecular weight is 264 g/mol. The molecule has 2 N–H and O–H groups in total. The number of fused-ring (bicyclic) bond motifs is 1. The maximum absolute atomic E-state index is 13.1. The van der Waals surface area contributed by atoms with Gasteiger partial charge in [-0.05, 0) is 25.0 Å². The highest BCUT2D eigenvalue weighted by atomic mass is 19.1. The molecule has 0 radical (unpaired) electrons. The van der Waals surface area contributed by atoms with Gasteiger partial charge in [-0.1, -0.05) is 19.3 Å². The summed E-state index contributed by atoms with van der Waals surface area (Å²) in [6, 6.07) is 2.91. The summed E-state index contributed by atoms with van der Waals surface area (Å²) in [7, 11) is 0. The highest BCUT2D eigenvalue weighted by Gasteiger charge is 2.22. The van der Waals surface area contributed by atoms with E-state index in [9.17, 15) is 9.50 Å². The van der Waals surface area contributed by atoms with Crippen LogP contribution in [0.3, 0.4) is 0 Å². The van der Waals surface area contributed by atoms with Crippen LogP contribution in [0.5, 0.6) is 0 Å². The number of nitrogens with zero attached hydrogens (tertiary/aromatic N) is 3. The molecule has 5 nitrogen and oxygen atoms in total. The predicted octanol–water partition coefficient (Wildman–Crippen LogP) is 1.97. The van der Waals surface area contributed by atoms with Crippen molar-refractivity contribution in [3.05, 3.63) is 24.1 Å². The molecule has 2 aromatic heterocycles. The first-order valence-corrected chi connectivity index (χ1v) is 6.69. The summed E-state index contributed by atoms with van der Waals surface area (Å²) in [6.07, 6.45) is 5.94. The lowest BCUT2D eigenvalue weighted by atomic mass is 10.1. The molecular formula is C13H17FN4O. The van der Waals surface area contributed by atoms with Crippen molar-refractivity contribution in [2.45, 2.75) is 44.2 Å². The van der Waals surface area contributed by atoms with Crippen LogP contribution < -0.4 is 5.32 Å². The molecule has 19 heavy (non-hydrogen) atoms. The third-order valence-corrected chi connectivity index (χ3v) is 3.59. The van der Waals surface area contributed by atoms with Gasteiger partial charge < -0.3 is 10.4 Å². The van der Waals surface area contributed by atoms with Gasteiger partial charge in [0.25, 0.3) is 0 Å². The summed E-state index contributed by atoms with van der Waals surface area (Å²) in [5, 5.41) is 17.4. The van der Waals surface area contributed by atoms with Crippen LogP contribution in [0.25, 0.3) is 5.65 Å². The molecule has 1 saturated carbocycles. The van der Waals surface area contributed by atoms with E-state index in [1.807, 2.05) is 0 Å². The molecule has 2 unspecified atom stereocenters. The smallest absolute Gasteiger partial charge is 0.243 e. The Kier molecular flexibility index (Phi) is 3.33. The number of aromatic nitrogens is 3. The van der Waals surface area contributed by atoms with Gasteiger partial charge >= 0.3 is 0 Å². The van der Waals surface area contributed by atoms with Crippen molar-refractivity contribution in [1.29, 1.82) is 0 Å². The van der Waals surface area contributed by atoms with E-state index in [0.29, 0.717) is 11.6 Å². The van der Waals surface area contributed by atoms with E-state index in [1.165, 1.54) is 16.8 Å². The number of pyridine rings is 1. The van der Waals surface area contributed by atoms with E-state index in [1.54, 1.807) is 6.07 Å². The molecule has 0 amide bonds. The molecule has 1 aliphatic carbocycles. The number of aliphatic hydroxyl groups excluding tert-OH is 1. The number of hydrogen-bond donors (Lipinski definition) is 2. The van der Waals surface area contributed by atoms with E-state index in [0.717, 1.165) is 32.1 Å². The first-order chi connectivity index (χ1) is 9.22. The van der Waals surface area contributed by atoms with Crippen molar-refractivity contribution in [1.82, 2.24) is 14.6 Å². The minimum absolute atomic E-state index is 0.0234. The first kappa shape index (κ1) is 12.3. The predicted molar refractivity (Wildman–Crippen MR) is 69.4 cm³/mol. The monoisotopic (exact) mass is 264 g/mol. The van der Waals surface area contributed by atoms with Crippen LogP contribution in [0, 0.1) is 5.82 Å². The number of nitrogens with one attached hydrogen (secondary N) is 1. The Labute approximate surface area is 110 Å². The van der Waals surface area contributed by atoms with E-state index < -0.39 is 0 Å². The summed E-state index contributed by atoms with van der Waals surface area (Å²) in [5.41, 5.74) is 0.590. The van der Waals surface area contributed by atoms with Gasteiger partial charge in [-0.15, -0.1) is 5.10 Å². The lowest BCUT2D eigenvalue weighted by Crippen LogP contribution is -2.32. The van der Waals surface area contributed by atoms with Crippen LogP contribution in [-0.2, 0) is 0 Å². The zero-order valence-corrected chi connectivity index (χ0v) is 10.6. The Hall–Kier alpha value is -1.69. The fraction of sp³-hybridized carbons (Fsp3) is 0.538. The molecule has 0 saturated heterocycles. The van der Waals surface area contributed by atoms with Gasteiger partial charge in [-0.25, -0.2) is 8.91 Å². The maximum atomic E-state index is 13.1. The zero-order chi connectivity index (χ0) is 13.2. The van der Waals surface area contributed by atoms with Crippen LogP contribution >= 0.6 is 0 Å². The molecule has 1 fully saturated rings. The lowest BCUT2D eigenvalue weighted by Gasteiger charge is -2.20. The molecule has 3 rings (SSSR count). The summed E-state index contributed by atoms with van der Waals surface area (Å²) >= 11 is 0. The third kappa shape index (κ3) is 2.68. The molecule has 102 valence electrons. The normalized spacial score (nSPS) is 24.3. The molecule has 0 bridgehead atoms. The van der Waals surface area contributed by atoms with Gasteiger partial charge in [0.1, 0.15) is 5.82 Å². The van der Waals surface area contributed by atoms with Gasteiger partial charge in [0, 0.05) is 0 Å². The van der Waals surface area contributed by atoms with Crippen LogP contribution in [0.2, 0.25) is 0 Å². The maximum Gasteiger partial charge on any atom is 0.243 e. The fourth-order valence-corrected chi connectivity index (χ4v) is 2.54. The molecule has 2 aromatic rings. The third-order valence-electron chi connectivity index (χ3n) is 3.59. The molecule has 1 aliphatic rings. The molecule has 0 aliphatic heterocycles. The highest BCUT2D eigenvalue weighted by molar-refractivity contribution is 5.43. The second-order valence-corrected chi connectivity index (χ2v) is 5.04. The second-order valence-electron chi connectivity index (χ2n) is 5.04. The van der Waals surface area contributed by atoms with Crippen molar-refractivity contribution in [3.63, 3.8) is 0 Å². The minimum atomic E-state index is -0.370. The van der Waals surface area contributed by atoms with E-state index in [2.05, 4.69) is 15.4 Å². The highest BCUT2D eigenvalue weighted by Crippen LogP contribution is 2.20. The first-order valence-electron chi connectivity index (χ1n) is 6.69.